The predicted molar refractivity (Wildman–Crippen MR) is 66.5 cm³/mol. The van der Waals surface area contributed by atoms with Crippen LogP contribution in [0.15, 0.2) is 0 Å². The minimum Gasteiger partial charge on any atom is -0.481 e. The van der Waals surface area contributed by atoms with Gasteiger partial charge in [0.15, 0.2) is 0 Å². The summed E-state index contributed by atoms with van der Waals surface area (Å²) in [5, 5.41) is 11.3. The monoisotopic (exact) mass is 258 g/mol. The molecule has 2 unspecified atom stereocenters. The van der Waals surface area contributed by atoms with Crippen molar-refractivity contribution in [2.45, 2.75) is 44.8 Å². The van der Waals surface area contributed by atoms with Crippen LogP contribution in [0.1, 0.15) is 32.6 Å². The van der Waals surface area contributed by atoms with Crippen molar-refractivity contribution in [3.8, 4) is 0 Å². The lowest BCUT2D eigenvalue weighted by Gasteiger charge is -2.28. The number of rotatable bonds is 5. The average Bonchev–Trinajstić information content (AvgIpc) is 2.28. The minimum atomic E-state index is -0.916. The van der Waals surface area contributed by atoms with Gasteiger partial charge in [0.2, 0.25) is 0 Å². The Bertz CT molecular complexity index is 290. The Labute approximate surface area is 107 Å². The topological polar surface area (TPSA) is 78.9 Å². The summed E-state index contributed by atoms with van der Waals surface area (Å²) in [6.07, 6.45) is 3.23. The lowest BCUT2D eigenvalue weighted by molar-refractivity contribution is -0.137. The largest absolute Gasteiger partial charge is 0.481 e. The Morgan fingerprint density at radius 2 is 2.22 bits per heavy atom. The summed E-state index contributed by atoms with van der Waals surface area (Å²) < 4.78 is 5.55. The molecule has 2 N–H and O–H groups in total. The molecule has 2 amide bonds. The molecule has 6 heteroatoms. The van der Waals surface area contributed by atoms with E-state index in [-0.39, 0.29) is 24.6 Å². The number of likely N-dealkylation sites (N-methyl/N-ethyl adjacent to an activating group) is 1. The van der Waals surface area contributed by atoms with Crippen molar-refractivity contribution in [1.29, 1.82) is 0 Å². The van der Waals surface area contributed by atoms with E-state index >= 15 is 0 Å². The zero-order valence-electron chi connectivity index (χ0n) is 11.0. The lowest BCUT2D eigenvalue weighted by Crippen LogP contribution is -2.46. The van der Waals surface area contributed by atoms with Gasteiger partial charge in [0, 0.05) is 26.2 Å². The molecule has 0 aromatic carbocycles. The van der Waals surface area contributed by atoms with Gasteiger partial charge >= 0.3 is 12.0 Å². The number of carbonyl (C=O) groups is 2. The Morgan fingerprint density at radius 1 is 1.50 bits per heavy atom. The molecule has 18 heavy (non-hydrogen) atoms. The number of nitrogens with one attached hydrogen (secondary N) is 1. The smallest absolute Gasteiger partial charge is 0.317 e. The number of carboxylic acid groups (broad SMARTS) is 1. The molecule has 1 fully saturated rings. The summed E-state index contributed by atoms with van der Waals surface area (Å²) in [5.41, 5.74) is 0. The molecule has 1 rings (SSSR count). The van der Waals surface area contributed by atoms with Crippen LogP contribution in [0.2, 0.25) is 0 Å². The van der Waals surface area contributed by atoms with Gasteiger partial charge in [-0.3, -0.25) is 4.79 Å². The van der Waals surface area contributed by atoms with E-state index in [0.717, 1.165) is 25.9 Å². The maximum Gasteiger partial charge on any atom is 0.317 e. The molecule has 1 heterocycles. The van der Waals surface area contributed by atoms with Gasteiger partial charge in [0.05, 0.1) is 12.5 Å². The van der Waals surface area contributed by atoms with Crippen molar-refractivity contribution in [2.75, 3.05) is 20.2 Å². The van der Waals surface area contributed by atoms with E-state index in [4.69, 9.17) is 9.84 Å². The van der Waals surface area contributed by atoms with Crippen LogP contribution in [0.25, 0.3) is 0 Å². The SMILES string of the molecule is CC(CC(=O)O)NC(=O)N(C)CC1CCCCO1. The van der Waals surface area contributed by atoms with E-state index < -0.39 is 5.97 Å². The first-order valence-corrected chi connectivity index (χ1v) is 6.34. The fraction of sp³-hybridized carbons (Fsp3) is 0.833. The van der Waals surface area contributed by atoms with Crippen LogP contribution in [-0.4, -0.2) is 54.4 Å². The maximum atomic E-state index is 11.8. The quantitative estimate of drug-likeness (QED) is 0.773. The first-order valence-electron chi connectivity index (χ1n) is 6.34. The standard InChI is InChI=1S/C12H22N2O4/c1-9(7-11(15)16)13-12(17)14(2)8-10-5-3-4-6-18-10/h9-10H,3-8H2,1-2H3,(H,13,17)(H,15,16). The number of ether oxygens (including phenoxy) is 1. The second-order valence-electron chi connectivity index (χ2n) is 4.82. The number of urea groups is 1. The molecule has 1 aliphatic heterocycles. The molecule has 0 aromatic heterocycles. The third-order valence-electron chi connectivity index (χ3n) is 2.95. The van der Waals surface area contributed by atoms with E-state index in [1.54, 1.807) is 18.9 Å². The van der Waals surface area contributed by atoms with Crippen molar-refractivity contribution in [3.05, 3.63) is 0 Å². The van der Waals surface area contributed by atoms with Gasteiger partial charge in [-0.15, -0.1) is 0 Å². The minimum absolute atomic E-state index is 0.0699. The highest BCUT2D eigenvalue weighted by Gasteiger charge is 2.20. The van der Waals surface area contributed by atoms with E-state index in [2.05, 4.69) is 5.32 Å². The second-order valence-corrected chi connectivity index (χ2v) is 4.82. The number of carboxylic acids is 1. The highest BCUT2D eigenvalue weighted by atomic mass is 16.5. The fourth-order valence-corrected chi connectivity index (χ4v) is 1.97. The van der Waals surface area contributed by atoms with E-state index in [1.807, 2.05) is 0 Å². The summed E-state index contributed by atoms with van der Waals surface area (Å²) >= 11 is 0. The normalized spacial score (nSPS) is 21.1. The van der Waals surface area contributed by atoms with Crippen LogP contribution in [0.4, 0.5) is 4.79 Å². The molecule has 2 atom stereocenters. The Morgan fingerprint density at radius 3 is 2.78 bits per heavy atom. The third kappa shape index (κ3) is 5.35. The van der Waals surface area contributed by atoms with Crippen LogP contribution in [0, 0.1) is 0 Å². The van der Waals surface area contributed by atoms with Gasteiger partial charge in [-0.05, 0) is 26.2 Å². The zero-order valence-corrected chi connectivity index (χ0v) is 11.0. The molecule has 0 bridgehead atoms. The summed E-state index contributed by atoms with van der Waals surface area (Å²) in [6.45, 7) is 2.98. The number of aliphatic carboxylic acids is 1. The molecule has 0 aliphatic carbocycles. The zero-order chi connectivity index (χ0) is 13.5. The Kier molecular flexibility index (Phi) is 5.91. The number of hydrogen-bond donors (Lipinski definition) is 2. The molecule has 0 spiro atoms. The van der Waals surface area contributed by atoms with E-state index in [9.17, 15) is 9.59 Å². The molecular weight excluding hydrogens is 236 g/mol. The van der Waals surface area contributed by atoms with Crippen LogP contribution in [0.3, 0.4) is 0 Å². The molecule has 6 nitrogen and oxygen atoms in total. The predicted octanol–water partition coefficient (Wildman–Crippen LogP) is 1.06. The van der Waals surface area contributed by atoms with Crippen LogP contribution in [0.5, 0.6) is 0 Å². The maximum absolute atomic E-state index is 11.8. The Hall–Kier alpha value is -1.30. The van der Waals surface area contributed by atoms with E-state index in [1.165, 1.54) is 0 Å². The van der Waals surface area contributed by atoms with Crippen molar-refractivity contribution >= 4 is 12.0 Å². The number of nitrogens with zero attached hydrogens (tertiary/aromatic N) is 1. The summed E-state index contributed by atoms with van der Waals surface area (Å²) in [5.74, 6) is -0.916. The highest BCUT2D eigenvalue weighted by Crippen LogP contribution is 2.13. The number of carbonyl (C=O) groups excluding carboxylic acids is 1. The fourth-order valence-electron chi connectivity index (χ4n) is 1.97. The molecule has 1 aliphatic rings. The van der Waals surface area contributed by atoms with Gasteiger partial charge in [-0.1, -0.05) is 0 Å². The molecule has 104 valence electrons. The third-order valence-corrected chi connectivity index (χ3v) is 2.95. The average molecular weight is 258 g/mol. The molecule has 0 saturated carbocycles. The summed E-state index contributed by atoms with van der Waals surface area (Å²) in [7, 11) is 1.70. The molecule has 0 aromatic rings. The molecule has 1 saturated heterocycles. The summed E-state index contributed by atoms with van der Waals surface area (Å²) in [4.78, 5) is 23.8. The second kappa shape index (κ2) is 7.20. The van der Waals surface area contributed by atoms with Gasteiger partial charge in [0.25, 0.3) is 0 Å². The number of hydrogen-bond acceptors (Lipinski definition) is 3. The van der Waals surface area contributed by atoms with Gasteiger partial charge < -0.3 is 20.1 Å². The first-order chi connectivity index (χ1) is 8.49. The van der Waals surface area contributed by atoms with Crippen LogP contribution in [-0.2, 0) is 9.53 Å². The Balaban J connectivity index is 2.29. The van der Waals surface area contributed by atoms with E-state index in [0.29, 0.717) is 6.54 Å². The molecular formula is C12H22N2O4. The van der Waals surface area contributed by atoms with Crippen molar-refractivity contribution < 1.29 is 19.4 Å². The van der Waals surface area contributed by atoms with Crippen LogP contribution < -0.4 is 5.32 Å². The van der Waals surface area contributed by atoms with Gasteiger partial charge in [0.1, 0.15) is 0 Å². The lowest BCUT2D eigenvalue weighted by atomic mass is 10.1. The molecule has 0 radical (unpaired) electrons. The van der Waals surface area contributed by atoms with Crippen molar-refractivity contribution in [2.24, 2.45) is 0 Å². The number of amides is 2. The van der Waals surface area contributed by atoms with Gasteiger partial charge in [-0.25, -0.2) is 4.79 Å². The van der Waals surface area contributed by atoms with Gasteiger partial charge in [-0.2, -0.15) is 0 Å². The van der Waals surface area contributed by atoms with Crippen molar-refractivity contribution in [1.82, 2.24) is 10.2 Å². The summed E-state index contributed by atoms with van der Waals surface area (Å²) in [6, 6.07) is -0.623. The first kappa shape index (κ1) is 14.8. The van der Waals surface area contributed by atoms with Crippen LogP contribution >= 0.6 is 0 Å². The highest BCUT2D eigenvalue weighted by molar-refractivity contribution is 5.75. The van der Waals surface area contributed by atoms with Crippen molar-refractivity contribution in [3.63, 3.8) is 0 Å².